The van der Waals surface area contributed by atoms with Crippen molar-refractivity contribution >= 4 is 6.29 Å². The monoisotopic (exact) mass is 229 g/mol. The minimum Gasteiger partial charge on any atom is -0.296 e. The first kappa shape index (κ1) is 11.2. The number of hydrogen-bond acceptors (Lipinski definition) is 3. The third-order valence-corrected chi connectivity index (χ3v) is 3.09. The Morgan fingerprint density at radius 2 is 2.25 bits per heavy atom. The summed E-state index contributed by atoms with van der Waals surface area (Å²) < 4.78 is 26.5. The van der Waals surface area contributed by atoms with Crippen LogP contribution in [0, 0.1) is 5.92 Å². The van der Waals surface area contributed by atoms with Crippen molar-refractivity contribution in [2.24, 2.45) is 5.92 Å². The zero-order valence-corrected chi connectivity index (χ0v) is 8.77. The lowest BCUT2D eigenvalue weighted by atomic mass is 9.83. The van der Waals surface area contributed by atoms with Crippen LogP contribution < -0.4 is 0 Å². The van der Waals surface area contributed by atoms with Crippen LogP contribution in [0.5, 0.6) is 0 Å². The van der Waals surface area contributed by atoms with Crippen molar-refractivity contribution in [3.8, 4) is 0 Å². The van der Waals surface area contributed by atoms with Gasteiger partial charge in [-0.2, -0.15) is 0 Å². The molecule has 2 rings (SSSR count). The molecule has 1 aromatic heterocycles. The van der Waals surface area contributed by atoms with E-state index in [1.54, 1.807) is 0 Å². The van der Waals surface area contributed by atoms with Crippen LogP contribution in [0.3, 0.4) is 0 Å². The second-order valence-corrected chi connectivity index (χ2v) is 4.09. The van der Waals surface area contributed by atoms with Crippen LogP contribution in [0.4, 0.5) is 8.78 Å². The predicted molar refractivity (Wildman–Crippen MR) is 52.3 cm³/mol. The Morgan fingerprint density at radius 1 is 1.50 bits per heavy atom. The van der Waals surface area contributed by atoms with Crippen molar-refractivity contribution in [3.05, 3.63) is 11.4 Å². The molecule has 1 saturated carbocycles. The topological polar surface area (TPSA) is 47.8 Å². The molecule has 0 bridgehead atoms. The summed E-state index contributed by atoms with van der Waals surface area (Å²) in [5.41, 5.74) is -0.599. The molecule has 1 fully saturated rings. The molecule has 0 unspecified atom stereocenters. The van der Waals surface area contributed by atoms with E-state index in [0.29, 0.717) is 18.7 Å². The maximum atomic E-state index is 12.7. The molecule has 1 aliphatic rings. The molecule has 4 nitrogen and oxygen atoms in total. The van der Waals surface area contributed by atoms with Gasteiger partial charge < -0.3 is 0 Å². The molecule has 1 heterocycles. The average Bonchev–Trinajstić information content (AvgIpc) is 2.58. The van der Waals surface area contributed by atoms with Crippen LogP contribution in [0.15, 0.2) is 0 Å². The number of alkyl halides is 2. The fourth-order valence-corrected chi connectivity index (χ4v) is 1.89. The highest BCUT2D eigenvalue weighted by atomic mass is 19.3. The Hall–Kier alpha value is -1.33. The zero-order valence-electron chi connectivity index (χ0n) is 8.77. The van der Waals surface area contributed by atoms with E-state index in [1.165, 1.54) is 19.3 Å². The van der Waals surface area contributed by atoms with Crippen molar-refractivity contribution in [1.29, 1.82) is 0 Å². The largest absolute Gasteiger partial charge is 0.296 e. The molecule has 88 valence electrons. The smallest absolute Gasteiger partial charge is 0.282 e. The summed E-state index contributed by atoms with van der Waals surface area (Å²) in [5.74, 6) is 0.620. The molecule has 0 aromatic carbocycles. The minimum atomic E-state index is -2.70. The van der Waals surface area contributed by atoms with E-state index in [0.717, 1.165) is 11.1 Å². The number of aldehydes is 1. The van der Waals surface area contributed by atoms with Crippen LogP contribution in [-0.2, 0) is 6.54 Å². The summed E-state index contributed by atoms with van der Waals surface area (Å²) in [5, 5.41) is 7.04. The summed E-state index contributed by atoms with van der Waals surface area (Å²) in [6.45, 7) is 0.422. The molecular formula is C10H13F2N3O. The maximum Gasteiger partial charge on any atom is 0.282 e. The summed E-state index contributed by atoms with van der Waals surface area (Å²) >= 11 is 0. The molecule has 0 atom stereocenters. The van der Waals surface area contributed by atoms with Crippen molar-refractivity contribution < 1.29 is 13.6 Å². The van der Waals surface area contributed by atoms with E-state index >= 15 is 0 Å². The lowest BCUT2D eigenvalue weighted by molar-refractivity contribution is 0.109. The van der Waals surface area contributed by atoms with Crippen LogP contribution >= 0.6 is 0 Å². The number of rotatable bonds is 5. The number of nitrogens with zero attached hydrogens (tertiary/aromatic N) is 3. The highest BCUT2D eigenvalue weighted by Crippen LogP contribution is 2.30. The van der Waals surface area contributed by atoms with Gasteiger partial charge in [-0.3, -0.25) is 4.79 Å². The number of aryl methyl sites for hydroxylation is 1. The molecule has 0 radical (unpaired) electrons. The quantitative estimate of drug-likeness (QED) is 0.727. The van der Waals surface area contributed by atoms with Gasteiger partial charge in [0.25, 0.3) is 6.43 Å². The van der Waals surface area contributed by atoms with Gasteiger partial charge in [0.2, 0.25) is 0 Å². The van der Waals surface area contributed by atoms with Crippen LogP contribution in [0.1, 0.15) is 48.3 Å². The minimum absolute atomic E-state index is 0.247. The maximum absolute atomic E-state index is 12.7. The summed E-state index contributed by atoms with van der Waals surface area (Å²) in [6, 6.07) is 0. The van der Waals surface area contributed by atoms with Gasteiger partial charge in [0.1, 0.15) is 5.69 Å². The van der Waals surface area contributed by atoms with Crippen LogP contribution in [-0.4, -0.2) is 21.3 Å². The van der Waals surface area contributed by atoms with E-state index in [-0.39, 0.29) is 11.4 Å². The third-order valence-electron chi connectivity index (χ3n) is 3.09. The molecule has 0 N–H and O–H groups in total. The summed E-state index contributed by atoms with van der Waals surface area (Å²) in [4.78, 5) is 10.5. The Balaban J connectivity index is 2.06. The number of hydrogen-bond donors (Lipinski definition) is 0. The molecule has 1 aliphatic carbocycles. The van der Waals surface area contributed by atoms with Crippen LogP contribution in [0.2, 0.25) is 0 Å². The van der Waals surface area contributed by atoms with E-state index < -0.39 is 6.43 Å². The molecular weight excluding hydrogens is 216 g/mol. The zero-order chi connectivity index (χ0) is 11.5. The van der Waals surface area contributed by atoms with Gasteiger partial charge in [-0.15, -0.1) is 5.10 Å². The fraction of sp³-hybridized carbons (Fsp3) is 0.700. The van der Waals surface area contributed by atoms with Crippen molar-refractivity contribution in [2.45, 2.75) is 38.7 Å². The highest BCUT2D eigenvalue weighted by Gasteiger charge is 2.23. The van der Waals surface area contributed by atoms with Gasteiger partial charge in [-0.1, -0.05) is 24.5 Å². The molecule has 6 heteroatoms. The Morgan fingerprint density at radius 3 is 2.75 bits per heavy atom. The molecule has 0 amide bonds. The van der Waals surface area contributed by atoms with Crippen LogP contribution in [0.25, 0.3) is 0 Å². The first-order valence-corrected chi connectivity index (χ1v) is 5.39. The highest BCUT2D eigenvalue weighted by molar-refractivity contribution is 5.73. The van der Waals surface area contributed by atoms with E-state index in [1.807, 2.05) is 0 Å². The molecule has 16 heavy (non-hydrogen) atoms. The number of carbonyl (C=O) groups excluding carboxylic acids is 1. The molecule has 0 spiro atoms. The lowest BCUT2D eigenvalue weighted by Crippen LogP contribution is -2.16. The first-order valence-electron chi connectivity index (χ1n) is 5.39. The van der Waals surface area contributed by atoms with E-state index in [2.05, 4.69) is 10.3 Å². The standard InChI is InChI=1S/C10H13F2N3O/c11-10(12)9-8(6-16)13-14-15(9)5-4-7-2-1-3-7/h6-7,10H,1-5H2. The molecule has 0 saturated heterocycles. The van der Waals surface area contributed by atoms with Gasteiger partial charge in [0, 0.05) is 6.54 Å². The number of aromatic nitrogens is 3. The summed E-state index contributed by atoms with van der Waals surface area (Å²) in [7, 11) is 0. The number of carbonyl (C=O) groups is 1. The molecule has 0 aliphatic heterocycles. The number of halogens is 2. The lowest BCUT2D eigenvalue weighted by Gasteiger charge is -2.25. The average molecular weight is 229 g/mol. The normalized spacial score (nSPS) is 16.4. The van der Waals surface area contributed by atoms with Gasteiger partial charge in [0.05, 0.1) is 0 Å². The SMILES string of the molecule is O=Cc1nnn(CCC2CCC2)c1C(F)F. The van der Waals surface area contributed by atoms with Gasteiger partial charge in [0.15, 0.2) is 12.0 Å². The Bertz CT molecular complexity index is 374. The van der Waals surface area contributed by atoms with E-state index in [4.69, 9.17) is 0 Å². The summed E-state index contributed by atoms with van der Waals surface area (Å²) in [6.07, 6.45) is 2.02. The predicted octanol–water partition coefficient (Wildman–Crippen LogP) is 2.22. The molecule has 1 aromatic rings. The Labute approximate surface area is 91.6 Å². The van der Waals surface area contributed by atoms with Gasteiger partial charge >= 0.3 is 0 Å². The fourth-order valence-electron chi connectivity index (χ4n) is 1.89. The van der Waals surface area contributed by atoms with E-state index in [9.17, 15) is 13.6 Å². The van der Waals surface area contributed by atoms with Gasteiger partial charge in [-0.25, -0.2) is 13.5 Å². The Kier molecular flexibility index (Phi) is 3.26. The second kappa shape index (κ2) is 4.67. The van der Waals surface area contributed by atoms with Gasteiger partial charge in [-0.05, 0) is 12.3 Å². The third kappa shape index (κ3) is 2.10. The second-order valence-electron chi connectivity index (χ2n) is 4.09. The van der Waals surface area contributed by atoms with Crippen molar-refractivity contribution in [1.82, 2.24) is 15.0 Å². The van der Waals surface area contributed by atoms with Crippen molar-refractivity contribution in [2.75, 3.05) is 0 Å². The first-order chi connectivity index (χ1) is 7.72. The van der Waals surface area contributed by atoms with Crippen molar-refractivity contribution in [3.63, 3.8) is 0 Å².